The second kappa shape index (κ2) is 7.74. The second-order valence-electron chi connectivity index (χ2n) is 5.72. The van der Waals surface area contributed by atoms with Gasteiger partial charge in [0.15, 0.2) is 0 Å². The summed E-state index contributed by atoms with van der Waals surface area (Å²) in [5.41, 5.74) is 0.556. The summed E-state index contributed by atoms with van der Waals surface area (Å²) in [6.07, 6.45) is 0. The van der Waals surface area contributed by atoms with E-state index in [-0.39, 0.29) is 21.5 Å². The van der Waals surface area contributed by atoms with E-state index in [1.807, 2.05) is 0 Å². The van der Waals surface area contributed by atoms with E-state index in [1.54, 1.807) is 38.1 Å². The van der Waals surface area contributed by atoms with Gasteiger partial charge in [0, 0.05) is 23.8 Å². The number of nitrogens with one attached hydrogen (secondary N) is 1. The zero-order valence-corrected chi connectivity index (χ0v) is 16.3. The largest absolute Gasteiger partial charge is 0.322 e. The van der Waals surface area contributed by atoms with Gasteiger partial charge in [-0.3, -0.25) is 4.79 Å². The molecule has 0 fully saturated rings. The Labute approximate surface area is 157 Å². The Bertz CT molecular complexity index is 899. The Hall–Kier alpha value is -1.60. The Morgan fingerprint density at radius 1 is 1.12 bits per heavy atom. The lowest BCUT2D eigenvalue weighted by Gasteiger charge is -2.21. The number of sulfonamides is 1. The third-order valence-electron chi connectivity index (χ3n) is 3.67. The van der Waals surface area contributed by atoms with Crippen LogP contribution in [-0.2, 0) is 10.0 Å². The summed E-state index contributed by atoms with van der Waals surface area (Å²) in [7, 11) is -2.23. The molecule has 0 saturated carbocycles. The zero-order chi connectivity index (χ0) is 18.8. The highest BCUT2D eigenvalue weighted by molar-refractivity contribution is 7.89. The van der Waals surface area contributed by atoms with Crippen LogP contribution in [-0.4, -0.2) is 31.7 Å². The fourth-order valence-corrected chi connectivity index (χ4v) is 3.84. The Morgan fingerprint density at radius 2 is 1.80 bits per heavy atom. The molecule has 0 aliphatic heterocycles. The van der Waals surface area contributed by atoms with E-state index in [0.717, 1.165) is 0 Å². The summed E-state index contributed by atoms with van der Waals surface area (Å²) in [4.78, 5) is 12.5. The SMILES string of the molecule is CC(C)N(C)S(=O)(=O)c1ccc(Cl)c(C(=O)Nc2cccc(Cl)c2)c1. The Balaban J connectivity index is 2.37. The van der Waals surface area contributed by atoms with E-state index in [1.165, 1.54) is 29.6 Å². The number of amides is 1. The summed E-state index contributed by atoms with van der Waals surface area (Å²) >= 11 is 12.0. The molecule has 0 radical (unpaired) electrons. The smallest absolute Gasteiger partial charge is 0.257 e. The maximum atomic E-state index is 12.6. The molecule has 0 aromatic heterocycles. The van der Waals surface area contributed by atoms with Crippen molar-refractivity contribution >= 4 is 44.8 Å². The molecule has 8 heteroatoms. The van der Waals surface area contributed by atoms with Crippen molar-refractivity contribution < 1.29 is 13.2 Å². The lowest BCUT2D eigenvalue weighted by molar-refractivity contribution is 0.102. The first kappa shape index (κ1) is 19.7. The molecule has 0 heterocycles. The van der Waals surface area contributed by atoms with E-state index in [9.17, 15) is 13.2 Å². The van der Waals surface area contributed by atoms with Gasteiger partial charge in [-0.15, -0.1) is 0 Å². The van der Waals surface area contributed by atoms with Crippen molar-refractivity contribution in [3.63, 3.8) is 0 Å². The van der Waals surface area contributed by atoms with Crippen LogP contribution in [0, 0.1) is 0 Å². The van der Waals surface area contributed by atoms with Crippen LogP contribution in [0.25, 0.3) is 0 Å². The summed E-state index contributed by atoms with van der Waals surface area (Å²) in [6, 6.07) is 10.5. The molecule has 0 unspecified atom stereocenters. The number of carbonyl (C=O) groups is 1. The number of halogens is 2. The van der Waals surface area contributed by atoms with Crippen LogP contribution in [0.1, 0.15) is 24.2 Å². The van der Waals surface area contributed by atoms with Gasteiger partial charge in [0.1, 0.15) is 0 Å². The van der Waals surface area contributed by atoms with Gasteiger partial charge in [0.05, 0.1) is 15.5 Å². The molecule has 2 aromatic carbocycles. The predicted molar refractivity (Wildman–Crippen MR) is 101 cm³/mol. The molecular formula is C17H18Cl2N2O3S. The van der Waals surface area contributed by atoms with Gasteiger partial charge in [0.2, 0.25) is 10.0 Å². The maximum absolute atomic E-state index is 12.6. The summed E-state index contributed by atoms with van der Waals surface area (Å²) in [5, 5.41) is 3.28. The van der Waals surface area contributed by atoms with Crippen LogP contribution < -0.4 is 5.32 Å². The molecule has 0 bridgehead atoms. The highest BCUT2D eigenvalue weighted by Gasteiger charge is 2.25. The Kier molecular flexibility index (Phi) is 6.11. The van der Waals surface area contributed by atoms with Gasteiger partial charge in [-0.1, -0.05) is 29.3 Å². The minimum absolute atomic E-state index is 0.00402. The average molecular weight is 401 g/mol. The molecule has 0 atom stereocenters. The van der Waals surface area contributed by atoms with Crippen molar-refractivity contribution in [1.29, 1.82) is 0 Å². The van der Waals surface area contributed by atoms with Crippen LogP contribution in [0.5, 0.6) is 0 Å². The first-order valence-corrected chi connectivity index (χ1v) is 9.67. The van der Waals surface area contributed by atoms with E-state index >= 15 is 0 Å². The van der Waals surface area contributed by atoms with Gasteiger partial charge in [-0.25, -0.2) is 8.42 Å². The lowest BCUT2D eigenvalue weighted by atomic mass is 10.2. The molecule has 25 heavy (non-hydrogen) atoms. The lowest BCUT2D eigenvalue weighted by Crippen LogP contribution is -2.33. The van der Waals surface area contributed by atoms with Gasteiger partial charge in [0.25, 0.3) is 5.91 Å². The van der Waals surface area contributed by atoms with Gasteiger partial charge in [-0.05, 0) is 50.2 Å². The van der Waals surface area contributed by atoms with E-state index in [4.69, 9.17) is 23.2 Å². The average Bonchev–Trinajstić information content (AvgIpc) is 2.54. The normalized spacial score (nSPS) is 11.8. The van der Waals surface area contributed by atoms with E-state index < -0.39 is 15.9 Å². The van der Waals surface area contributed by atoms with Crippen LogP contribution in [0.3, 0.4) is 0 Å². The summed E-state index contributed by atoms with van der Waals surface area (Å²) in [6.45, 7) is 3.53. The van der Waals surface area contributed by atoms with Gasteiger partial charge < -0.3 is 5.32 Å². The monoisotopic (exact) mass is 400 g/mol. The third-order valence-corrected chi connectivity index (χ3v) is 6.26. The van der Waals surface area contributed by atoms with Gasteiger partial charge in [-0.2, -0.15) is 4.31 Å². The predicted octanol–water partition coefficient (Wildman–Crippen LogP) is 4.27. The molecule has 1 N–H and O–H groups in total. The number of rotatable bonds is 5. The van der Waals surface area contributed by atoms with Crippen LogP contribution in [0.4, 0.5) is 5.69 Å². The highest BCUT2D eigenvalue weighted by atomic mass is 35.5. The van der Waals surface area contributed by atoms with Crippen LogP contribution in [0.2, 0.25) is 10.0 Å². The molecule has 0 spiro atoms. The first-order valence-electron chi connectivity index (χ1n) is 7.47. The van der Waals surface area contributed by atoms with Crippen molar-refractivity contribution in [2.45, 2.75) is 24.8 Å². The van der Waals surface area contributed by atoms with Gasteiger partial charge >= 0.3 is 0 Å². The topological polar surface area (TPSA) is 66.5 Å². The standard InChI is InChI=1S/C17H18Cl2N2O3S/c1-11(2)21(3)25(23,24)14-7-8-16(19)15(10-14)17(22)20-13-6-4-5-12(18)9-13/h4-11H,1-3H3,(H,20,22). The summed E-state index contributed by atoms with van der Waals surface area (Å²) in [5.74, 6) is -0.517. The molecule has 5 nitrogen and oxygen atoms in total. The maximum Gasteiger partial charge on any atom is 0.257 e. The van der Waals surface area contributed by atoms with Crippen LogP contribution >= 0.6 is 23.2 Å². The van der Waals surface area contributed by atoms with Crippen molar-refractivity contribution in [1.82, 2.24) is 4.31 Å². The molecule has 0 saturated heterocycles. The van der Waals surface area contributed by atoms with Crippen molar-refractivity contribution in [2.75, 3.05) is 12.4 Å². The third kappa shape index (κ3) is 4.52. The molecule has 2 aromatic rings. The molecule has 2 rings (SSSR count). The number of carbonyl (C=O) groups excluding carboxylic acids is 1. The molecule has 134 valence electrons. The van der Waals surface area contributed by atoms with Crippen LogP contribution in [0.15, 0.2) is 47.4 Å². The highest BCUT2D eigenvalue weighted by Crippen LogP contribution is 2.25. The van der Waals surface area contributed by atoms with Crippen molar-refractivity contribution in [2.24, 2.45) is 0 Å². The van der Waals surface area contributed by atoms with E-state index in [0.29, 0.717) is 10.7 Å². The quantitative estimate of drug-likeness (QED) is 0.814. The molecular weight excluding hydrogens is 383 g/mol. The summed E-state index contributed by atoms with van der Waals surface area (Å²) < 4.78 is 26.4. The minimum atomic E-state index is -3.72. The van der Waals surface area contributed by atoms with E-state index in [2.05, 4.69) is 5.32 Å². The number of hydrogen-bond donors (Lipinski definition) is 1. The second-order valence-corrected chi connectivity index (χ2v) is 8.56. The number of benzene rings is 2. The first-order chi connectivity index (χ1) is 11.6. The molecule has 0 aliphatic rings. The zero-order valence-electron chi connectivity index (χ0n) is 14.0. The minimum Gasteiger partial charge on any atom is -0.322 e. The number of nitrogens with zero attached hydrogens (tertiary/aromatic N) is 1. The fourth-order valence-electron chi connectivity index (χ4n) is 2.05. The molecule has 0 aliphatic carbocycles. The number of anilines is 1. The Morgan fingerprint density at radius 3 is 2.40 bits per heavy atom. The molecule has 1 amide bonds. The van der Waals surface area contributed by atoms with Crippen molar-refractivity contribution in [3.05, 3.63) is 58.1 Å². The number of hydrogen-bond acceptors (Lipinski definition) is 3. The fraction of sp³-hybridized carbons (Fsp3) is 0.235. The van der Waals surface area contributed by atoms with Crippen molar-refractivity contribution in [3.8, 4) is 0 Å².